The van der Waals surface area contributed by atoms with Crippen LogP contribution in [0.15, 0.2) is 24.3 Å². The van der Waals surface area contributed by atoms with Crippen LogP contribution in [0.25, 0.3) is 0 Å². The molecule has 0 atom stereocenters. The lowest BCUT2D eigenvalue weighted by molar-refractivity contribution is 0.236. The third-order valence-electron chi connectivity index (χ3n) is 5.24. The molecule has 1 aromatic rings. The topological polar surface area (TPSA) is 3.24 Å². The van der Waals surface area contributed by atoms with Gasteiger partial charge in [0.05, 0.1) is 8.07 Å². The predicted molar refractivity (Wildman–Crippen MR) is 92.3 cm³/mol. The van der Waals surface area contributed by atoms with Crippen LogP contribution in [0.4, 0.5) is 0 Å². The van der Waals surface area contributed by atoms with Gasteiger partial charge in [0, 0.05) is 13.1 Å². The molecule has 1 nitrogen and oxygen atoms in total. The van der Waals surface area contributed by atoms with Gasteiger partial charge in [-0.15, -0.1) is 0 Å². The highest BCUT2D eigenvalue weighted by molar-refractivity contribution is 6.88. The van der Waals surface area contributed by atoms with E-state index in [4.69, 9.17) is 0 Å². The Hall–Kier alpha value is -0.603. The number of hydrogen-bond acceptors (Lipinski definition) is 1. The van der Waals surface area contributed by atoms with Crippen LogP contribution in [0.5, 0.6) is 0 Å². The second-order valence-corrected chi connectivity index (χ2v) is 12.7. The fourth-order valence-electron chi connectivity index (χ4n) is 3.36. The molecule has 0 saturated carbocycles. The zero-order chi connectivity index (χ0) is 14.8. The minimum absolute atomic E-state index is 0.595. The van der Waals surface area contributed by atoms with Crippen LogP contribution >= 0.6 is 0 Å². The van der Waals surface area contributed by atoms with E-state index < -0.39 is 8.07 Å². The molecule has 1 fully saturated rings. The van der Waals surface area contributed by atoms with Gasteiger partial charge in [-0.05, 0) is 36.8 Å². The number of nitrogens with zero attached hydrogens (tertiary/aromatic N) is 1. The van der Waals surface area contributed by atoms with E-state index in [2.05, 4.69) is 62.7 Å². The first-order valence-corrected chi connectivity index (χ1v) is 11.7. The van der Waals surface area contributed by atoms with Crippen molar-refractivity contribution in [3.8, 4) is 0 Å². The van der Waals surface area contributed by atoms with E-state index in [-0.39, 0.29) is 0 Å². The van der Waals surface area contributed by atoms with Gasteiger partial charge in [0.25, 0.3) is 0 Å². The predicted octanol–water partition coefficient (Wildman–Crippen LogP) is 4.24. The molecule has 20 heavy (non-hydrogen) atoms. The summed E-state index contributed by atoms with van der Waals surface area (Å²) in [6.45, 7) is 15.7. The standard InChI is InChI=1S/C18H31NSi/c1-6-18(7-2)12-13-19(15-18)14-16-8-10-17(11-9-16)20(3,4)5/h8-11H,6-7,12-15H2,1-5H3. The van der Waals surface area contributed by atoms with Gasteiger partial charge in [-0.2, -0.15) is 0 Å². The van der Waals surface area contributed by atoms with E-state index in [9.17, 15) is 0 Å². The minimum Gasteiger partial charge on any atom is -0.299 e. The summed E-state index contributed by atoms with van der Waals surface area (Å²) in [4.78, 5) is 2.65. The van der Waals surface area contributed by atoms with E-state index in [1.54, 1.807) is 5.19 Å². The molecule has 0 bridgehead atoms. The van der Waals surface area contributed by atoms with Gasteiger partial charge >= 0.3 is 0 Å². The van der Waals surface area contributed by atoms with Crippen LogP contribution in [0.3, 0.4) is 0 Å². The lowest BCUT2D eigenvalue weighted by atomic mass is 9.82. The van der Waals surface area contributed by atoms with Crippen LogP contribution in [0.2, 0.25) is 19.6 Å². The fourth-order valence-corrected chi connectivity index (χ4v) is 4.52. The largest absolute Gasteiger partial charge is 0.299 e. The first-order chi connectivity index (χ1) is 9.38. The summed E-state index contributed by atoms with van der Waals surface area (Å²) in [5, 5.41) is 1.57. The number of likely N-dealkylation sites (tertiary alicyclic amines) is 1. The Labute approximate surface area is 126 Å². The molecule has 0 N–H and O–H groups in total. The summed E-state index contributed by atoms with van der Waals surface area (Å²) in [7, 11) is -1.15. The maximum absolute atomic E-state index is 2.65. The summed E-state index contributed by atoms with van der Waals surface area (Å²) in [6, 6.07) is 9.44. The monoisotopic (exact) mass is 289 g/mol. The summed E-state index contributed by atoms with van der Waals surface area (Å²) in [5.41, 5.74) is 2.08. The van der Waals surface area contributed by atoms with Crippen molar-refractivity contribution in [2.24, 2.45) is 5.41 Å². The molecule has 0 spiro atoms. The molecular formula is C18H31NSi. The summed E-state index contributed by atoms with van der Waals surface area (Å²) < 4.78 is 0. The highest BCUT2D eigenvalue weighted by atomic mass is 28.3. The third-order valence-corrected chi connectivity index (χ3v) is 7.31. The average molecular weight is 290 g/mol. The smallest absolute Gasteiger partial charge is 0.0775 e. The lowest BCUT2D eigenvalue weighted by Crippen LogP contribution is -2.37. The maximum atomic E-state index is 2.65. The third kappa shape index (κ3) is 3.53. The van der Waals surface area contributed by atoms with Crippen LogP contribution in [0, 0.1) is 5.41 Å². The molecule has 2 heteroatoms. The Morgan fingerprint density at radius 2 is 1.65 bits per heavy atom. The molecule has 0 aromatic heterocycles. The van der Waals surface area contributed by atoms with Crippen molar-refractivity contribution in [2.45, 2.75) is 59.3 Å². The van der Waals surface area contributed by atoms with Gasteiger partial charge in [-0.1, -0.05) is 62.9 Å². The van der Waals surface area contributed by atoms with Crippen molar-refractivity contribution in [3.05, 3.63) is 29.8 Å². The maximum Gasteiger partial charge on any atom is 0.0775 e. The molecule has 1 aliphatic rings. The SMILES string of the molecule is CCC1(CC)CCN(Cc2ccc([Si](C)(C)C)cc2)C1. The van der Waals surface area contributed by atoms with Gasteiger partial charge in [0.15, 0.2) is 0 Å². The van der Waals surface area contributed by atoms with E-state index >= 15 is 0 Å². The van der Waals surface area contributed by atoms with E-state index in [1.807, 2.05) is 0 Å². The lowest BCUT2D eigenvalue weighted by Gasteiger charge is -2.26. The molecule has 112 valence electrons. The molecule has 0 amide bonds. The van der Waals surface area contributed by atoms with Crippen molar-refractivity contribution in [2.75, 3.05) is 13.1 Å². The van der Waals surface area contributed by atoms with Crippen molar-refractivity contribution < 1.29 is 0 Å². The van der Waals surface area contributed by atoms with Crippen LogP contribution in [-0.2, 0) is 6.54 Å². The minimum atomic E-state index is -1.15. The number of rotatable bonds is 5. The van der Waals surface area contributed by atoms with Crippen molar-refractivity contribution >= 4 is 13.3 Å². The highest BCUT2D eigenvalue weighted by Gasteiger charge is 2.34. The van der Waals surface area contributed by atoms with E-state index in [0.717, 1.165) is 6.54 Å². The van der Waals surface area contributed by atoms with Gasteiger partial charge in [-0.3, -0.25) is 4.90 Å². The average Bonchev–Trinajstić information content (AvgIpc) is 2.82. The first-order valence-electron chi connectivity index (χ1n) is 8.20. The molecule has 1 saturated heterocycles. The normalized spacial score (nSPS) is 19.4. The van der Waals surface area contributed by atoms with Gasteiger partial charge in [0.2, 0.25) is 0 Å². The second-order valence-electron chi connectivity index (χ2n) is 7.61. The van der Waals surface area contributed by atoms with Crippen LogP contribution < -0.4 is 5.19 Å². The summed E-state index contributed by atoms with van der Waals surface area (Å²) >= 11 is 0. The first kappa shape index (κ1) is 15.8. The molecule has 0 aliphatic carbocycles. The second kappa shape index (κ2) is 6.03. The Balaban J connectivity index is 1.98. The molecule has 1 heterocycles. The quantitative estimate of drug-likeness (QED) is 0.733. The van der Waals surface area contributed by atoms with Gasteiger partial charge in [-0.25, -0.2) is 0 Å². The van der Waals surface area contributed by atoms with E-state index in [1.165, 1.54) is 37.9 Å². The van der Waals surface area contributed by atoms with Crippen LogP contribution in [0.1, 0.15) is 38.7 Å². The summed E-state index contributed by atoms with van der Waals surface area (Å²) in [6.07, 6.45) is 4.04. The Bertz CT molecular complexity index is 426. The molecule has 1 aliphatic heterocycles. The van der Waals surface area contributed by atoms with Crippen molar-refractivity contribution in [1.82, 2.24) is 4.90 Å². The summed E-state index contributed by atoms with van der Waals surface area (Å²) in [5.74, 6) is 0. The Morgan fingerprint density at radius 1 is 1.05 bits per heavy atom. The van der Waals surface area contributed by atoms with Crippen molar-refractivity contribution in [3.63, 3.8) is 0 Å². The molecule has 2 rings (SSSR count). The highest BCUT2D eigenvalue weighted by Crippen LogP contribution is 2.37. The van der Waals surface area contributed by atoms with Crippen LogP contribution in [-0.4, -0.2) is 26.1 Å². The molecular weight excluding hydrogens is 258 g/mol. The van der Waals surface area contributed by atoms with Gasteiger partial charge < -0.3 is 0 Å². The molecule has 1 aromatic carbocycles. The zero-order valence-electron chi connectivity index (χ0n) is 14.0. The zero-order valence-corrected chi connectivity index (χ0v) is 15.0. The number of benzene rings is 1. The van der Waals surface area contributed by atoms with Gasteiger partial charge in [0.1, 0.15) is 0 Å². The molecule has 0 radical (unpaired) electrons. The Morgan fingerprint density at radius 3 is 2.10 bits per heavy atom. The Kier molecular flexibility index (Phi) is 4.75. The van der Waals surface area contributed by atoms with Crippen molar-refractivity contribution in [1.29, 1.82) is 0 Å². The number of hydrogen-bond donors (Lipinski definition) is 0. The molecule has 0 unspecified atom stereocenters. The fraction of sp³-hybridized carbons (Fsp3) is 0.667. The van der Waals surface area contributed by atoms with E-state index in [0.29, 0.717) is 5.41 Å².